The zero-order chi connectivity index (χ0) is 20.2. The molecule has 1 saturated heterocycles. The molecule has 9 heteroatoms. The monoisotopic (exact) mass is 415 g/mol. The van der Waals surface area contributed by atoms with Crippen molar-refractivity contribution in [1.82, 2.24) is 4.90 Å². The third-order valence-electron chi connectivity index (χ3n) is 4.56. The lowest BCUT2D eigenvalue weighted by Crippen LogP contribution is -2.43. The molecule has 1 amide bonds. The highest BCUT2D eigenvalue weighted by Crippen LogP contribution is 2.22. The molecular formula is C18H25NO6S2. The van der Waals surface area contributed by atoms with Gasteiger partial charge in [0.05, 0.1) is 17.9 Å². The molecule has 2 heterocycles. The van der Waals surface area contributed by atoms with Crippen molar-refractivity contribution >= 4 is 38.8 Å². The second kappa shape index (κ2) is 8.97. The Hall–Kier alpha value is -1.74. The standard InChI is InChI=1S/C18H25NO6S2/c1-4-19(14-7-8-27(23,24)11-14)17(21)10-25-18(22)6-5-16(20)15-9-12(2)26-13(15)3/h9,14H,4-8,10-11H2,1-3H3. The highest BCUT2D eigenvalue weighted by atomic mass is 32.2. The van der Waals surface area contributed by atoms with Gasteiger partial charge in [-0.25, -0.2) is 8.42 Å². The summed E-state index contributed by atoms with van der Waals surface area (Å²) in [6.07, 6.45) is 0.344. The van der Waals surface area contributed by atoms with Crippen molar-refractivity contribution in [2.24, 2.45) is 0 Å². The third-order valence-corrected chi connectivity index (χ3v) is 7.28. The molecule has 27 heavy (non-hydrogen) atoms. The highest BCUT2D eigenvalue weighted by molar-refractivity contribution is 7.91. The number of hydrogen-bond acceptors (Lipinski definition) is 7. The number of ether oxygens (including phenoxy) is 1. The molecule has 1 aromatic rings. The molecule has 0 radical (unpaired) electrons. The number of esters is 1. The zero-order valence-corrected chi connectivity index (χ0v) is 17.5. The largest absolute Gasteiger partial charge is 0.456 e. The number of carbonyl (C=O) groups excluding carboxylic acids is 3. The normalized spacial score (nSPS) is 18.3. The fourth-order valence-electron chi connectivity index (χ4n) is 3.21. The molecule has 0 spiro atoms. The number of aryl methyl sites for hydroxylation is 2. The van der Waals surface area contributed by atoms with Gasteiger partial charge < -0.3 is 9.64 Å². The molecule has 1 fully saturated rings. The molecule has 0 aromatic carbocycles. The first-order chi connectivity index (χ1) is 12.6. The van der Waals surface area contributed by atoms with Gasteiger partial charge in [-0.2, -0.15) is 0 Å². The molecular weight excluding hydrogens is 390 g/mol. The number of Topliss-reactive ketones (excluding diaryl/α,β-unsaturated/α-hetero) is 1. The average Bonchev–Trinajstić information content (AvgIpc) is 3.12. The highest BCUT2D eigenvalue weighted by Gasteiger charge is 2.34. The van der Waals surface area contributed by atoms with Crippen LogP contribution in [0.25, 0.3) is 0 Å². The molecule has 1 aliphatic heterocycles. The zero-order valence-electron chi connectivity index (χ0n) is 15.8. The predicted octanol–water partition coefficient (Wildman–Crippen LogP) is 1.91. The Kier molecular flexibility index (Phi) is 7.16. The quantitative estimate of drug-likeness (QED) is 0.475. The Bertz CT molecular complexity index is 827. The lowest BCUT2D eigenvalue weighted by Gasteiger charge is -2.26. The van der Waals surface area contributed by atoms with Crippen LogP contribution in [0.15, 0.2) is 6.07 Å². The van der Waals surface area contributed by atoms with Gasteiger partial charge in [0.25, 0.3) is 5.91 Å². The number of nitrogens with zero attached hydrogens (tertiary/aromatic N) is 1. The Morgan fingerprint density at radius 2 is 1.96 bits per heavy atom. The maximum atomic E-state index is 12.3. The Morgan fingerprint density at radius 3 is 2.48 bits per heavy atom. The molecule has 0 N–H and O–H groups in total. The first-order valence-electron chi connectivity index (χ1n) is 8.88. The van der Waals surface area contributed by atoms with Crippen molar-refractivity contribution in [2.45, 2.75) is 46.1 Å². The maximum absolute atomic E-state index is 12.3. The summed E-state index contributed by atoms with van der Waals surface area (Å²) in [5, 5.41) is 0. The summed E-state index contributed by atoms with van der Waals surface area (Å²) in [6, 6.07) is 1.45. The summed E-state index contributed by atoms with van der Waals surface area (Å²) >= 11 is 1.53. The van der Waals surface area contributed by atoms with Crippen LogP contribution in [-0.2, 0) is 24.2 Å². The SMILES string of the molecule is CCN(C(=O)COC(=O)CCC(=O)c1cc(C)sc1C)C1CCS(=O)(=O)C1. The lowest BCUT2D eigenvalue weighted by atomic mass is 10.1. The fourth-order valence-corrected chi connectivity index (χ4v) is 5.89. The van der Waals surface area contributed by atoms with Crippen LogP contribution in [0.1, 0.15) is 46.3 Å². The number of rotatable bonds is 8. The van der Waals surface area contributed by atoms with E-state index in [1.807, 2.05) is 19.9 Å². The van der Waals surface area contributed by atoms with Crippen LogP contribution in [0.3, 0.4) is 0 Å². The smallest absolute Gasteiger partial charge is 0.306 e. The van der Waals surface area contributed by atoms with Crippen molar-refractivity contribution in [1.29, 1.82) is 0 Å². The van der Waals surface area contributed by atoms with Crippen LogP contribution < -0.4 is 0 Å². The Labute approximate surface area is 163 Å². The van der Waals surface area contributed by atoms with Gasteiger partial charge in [0.1, 0.15) is 0 Å². The van der Waals surface area contributed by atoms with Crippen molar-refractivity contribution < 1.29 is 27.5 Å². The molecule has 1 aromatic heterocycles. The van der Waals surface area contributed by atoms with E-state index in [4.69, 9.17) is 4.74 Å². The summed E-state index contributed by atoms with van der Waals surface area (Å²) in [4.78, 5) is 39.7. The van der Waals surface area contributed by atoms with Crippen LogP contribution in [0.4, 0.5) is 0 Å². The van der Waals surface area contributed by atoms with Gasteiger partial charge in [0, 0.05) is 34.3 Å². The van der Waals surface area contributed by atoms with Gasteiger partial charge >= 0.3 is 5.97 Å². The lowest BCUT2D eigenvalue weighted by molar-refractivity contribution is -0.152. The summed E-state index contributed by atoms with van der Waals surface area (Å²) in [6.45, 7) is 5.46. The number of thiophene rings is 1. The predicted molar refractivity (Wildman–Crippen MR) is 103 cm³/mol. The second-order valence-electron chi connectivity index (χ2n) is 6.65. The molecule has 1 atom stereocenters. The molecule has 0 aliphatic carbocycles. The van der Waals surface area contributed by atoms with Crippen LogP contribution in [0.2, 0.25) is 0 Å². The van der Waals surface area contributed by atoms with E-state index in [9.17, 15) is 22.8 Å². The van der Waals surface area contributed by atoms with Crippen LogP contribution in [0, 0.1) is 13.8 Å². The van der Waals surface area contributed by atoms with Gasteiger partial charge in [-0.15, -0.1) is 11.3 Å². The molecule has 7 nitrogen and oxygen atoms in total. The summed E-state index contributed by atoms with van der Waals surface area (Å²) in [5.41, 5.74) is 0.626. The number of carbonyl (C=O) groups is 3. The molecule has 1 aliphatic rings. The Balaban J connectivity index is 1.79. The van der Waals surface area contributed by atoms with Crippen LogP contribution >= 0.6 is 11.3 Å². The van der Waals surface area contributed by atoms with E-state index in [1.165, 1.54) is 16.2 Å². The van der Waals surface area contributed by atoms with E-state index < -0.39 is 28.3 Å². The topological polar surface area (TPSA) is 97.8 Å². The van der Waals surface area contributed by atoms with E-state index in [0.29, 0.717) is 18.5 Å². The summed E-state index contributed by atoms with van der Waals surface area (Å²) < 4.78 is 28.2. The molecule has 150 valence electrons. The van der Waals surface area contributed by atoms with Crippen LogP contribution in [0.5, 0.6) is 0 Å². The fraction of sp³-hybridized carbons (Fsp3) is 0.611. The summed E-state index contributed by atoms with van der Waals surface area (Å²) in [5.74, 6) is -1.12. The van der Waals surface area contributed by atoms with Crippen molar-refractivity contribution in [3.63, 3.8) is 0 Å². The average molecular weight is 416 g/mol. The van der Waals surface area contributed by atoms with E-state index in [-0.39, 0.29) is 36.2 Å². The minimum atomic E-state index is -3.10. The number of sulfone groups is 1. The third kappa shape index (κ3) is 5.87. The molecule has 2 rings (SSSR count). The van der Waals surface area contributed by atoms with Crippen molar-refractivity contribution in [3.05, 3.63) is 21.4 Å². The van der Waals surface area contributed by atoms with E-state index in [2.05, 4.69) is 0 Å². The van der Waals surface area contributed by atoms with Gasteiger partial charge in [-0.3, -0.25) is 14.4 Å². The van der Waals surface area contributed by atoms with E-state index in [0.717, 1.165) is 9.75 Å². The van der Waals surface area contributed by atoms with Gasteiger partial charge in [-0.05, 0) is 33.3 Å². The number of likely N-dealkylation sites (N-methyl/N-ethyl adjacent to an activating group) is 1. The van der Waals surface area contributed by atoms with Crippen molar-refractivity contribution in [3.8, 4) is 0 Å². The van der Waals surface area contributed by atoms with Gasteiger partial charge in [-0.1, -0.05) is 0 Å². The van der Waals surface area contributed by atoms with E-state index in [1.54, 1.807) is 6.92 Å². The van der Waals surface area contributed by atoms with Gasteiger partial charge in [0.2, 0.25) is 0 Å². The Morgan fingerprint density at radius 1 is 1.26 bits per heavy atom. The number of amides is 1. The molecule has 1 unspecified atom stereocenters. The minimum Gasteiger partial charge on any atom is -0.456 e. The minimum absolute atomic E-state index is 0.0302. The van der Waals surface area contributed by atoms with Crippen LogP contribution in [-0.4, -0.2) is 61.7 Å². The molecule has 0 saturated carbocycles. The first kappa shape index (κ1) is 21.6. The first-order valence-corrected chi connectivity index (χ1v) is 11.5. The number of ketones is 1. The molecule has 0 bridgehead atoms. The van der Waals surface area contributed by atoms with E-state index >= 15 is 0 Å². The van der Waals surface area contributed by atoms with Gasteiger partial charge in [0.15, 0.2) is 22.2 Å². The summed E-state index contributed by atoms with van der Waals surface area (Å²) in [7, 11) is -3.10. The second-order valence-corrected chi connectivity index (χ2v) is 10.3. The number of hydrogen-bond donors (Lipinski definition) is 0. The van der Waals surface area contributed by atoms with Crippen molar-refractivity contribution in [2.75, 3.05) is 24.7 Å². The maximum Gasteiger partial charge on any atom is 0.306 e.